The molecule has 2 rings (SSSR count). The van der Waals surface area contributed by atoms with Gasteiger partial charge in [-0.25, -0.2) is 4.79 Å². The third-order valence-corrected chi connectivity index (χ3v) is 3.35. The van der Waals surface area contributed by atoms with Crippen LogP contribution in [0.1, 0.15) is 18.6 Å². The van der Waals surface area contributed by atoms with Crippen molar-refractivity contribution in [3.05, 3.63) is 54.1 Å². The molecular weight excluding hydrogens is 284 g/mol. The Bertz CT molecular complexity index is 693. The molecule has 0 spiro atoms. The number of hydrogen-bond acceptors (Lipinski definition) is 4. The van der Waals surface area contributed by atoms with Crippen LogP contribution in [0.3, 0.4) is 0 Å². The van der Waals surface area contributed by atoms with Crippen LogP contribution >= 0.6 is 0 Å². The maximum absolute atomic E-state index is 10.7. The maximum atomic E-state index is 10.7. The third-order valence-electron chi connectivity index (χ3n) is 3.35. The quantitative estimate of drug-likeness (QED) is 0.714. The molecule has 0 saturated carbocycles. The van der Waals surface area contributed by atoms with Crippen LogP contribution in [0.25, 0.3) is 10.8 Å². The lowest BCUT2D eigenvalue weighted by molar-refractivity contribution is -0.131. The lowest BCUT2D eigenvalue weighted by Gasteiger charge is -2.21. The Kier molecular flexibility index (Phi) is 5.14. The highest BCUT2D eigenvalue weighted by atomic mass is 16.5. The number of benzene rings is 2. The minimum atomic E-state index is -1.10. The Morgan fingerprint density at radius 2 is 1.91 bits per heavy atom. The van der Waals surface area contributed by atoms with Crippen LogP contribution in [0, 0.1) is 0 Å². The Morgan fingerprint density at radius 3 is 2.55 bits per heavy atom. The van der Waals surface area contributed by atoms with Gasteiger partial charge in [0.25, 0.3) is 0 Å². The summed E-state index contributed by atoms with van der Waals surface area (Å²) in [5.41, 5.74) is 0.571. The zero-order valence-electron chi connectivity index (χ0n) is 12.1. The fourth-order valence-corrected chi connectivity index (χ4v) is 2.36. The van der Waals surface area contributed by atoms with Crippen LogP contribution in [-0.2, 0) is 9.53 Å². The molecule has 0 saturated heterocycles. The van der Waals surface area contributed by atoms with E-state index in [0.717, 1.165) is 6.08 Å². The predicted molar refractivity (Wildman–Crippen MR) is 82.8 cm³/mol. The first-order valence-corrected chi connectivity index (χ1v) is 6.96. The molecule has 0 aliphatic carbocycles. The van der Waals surface area contributed by atoms with Crippen molar-refractivity contribution in [2.45, 2.75) is 19.1 Å². The van der Waals surface area contributed by atoms with Crippen LogP contribution in [0.2, 0.25) is 0 Å². The Morgan fingerprint density at radius 1 is 1.23 bits per heavy atom. The molecule has 3 N–H and O–H groups in total. The van der Waals surface area contributed by atoms with E-state index in [2.05, 4.69) is 0 Å². The molecular formula is C17H18O5. The number of ether oxygens (including phenoxy) is 1. The molecule has 0 bridgehead atoms. The lowest BCUT2D eigenvalue weighted by atomic mass is 9.96. The van der Waals surface area contributed by atoms with Gasteiger partial charge in [-0.1, -0.05) is 30.3 Å². The summed E-state index contributed by atoms with van der Waals surface area (Å²) in [5, 5.41) is 30.5. The number of aliphatic hydroxyl groups excluding tert-OH is 1. The van der Waals surface area contributed by atoms with Gasteiger partial charge in [0.2, 0.25) is 0 Å². The first kappa shape index (κ1) is 16.0. The smallest absolute Gasteiger partial charge is 0.328 e. The normalized spacial score (nSPS) is 14.3. The van der Waals surface area contributed by atoms with Crippen LogP contribution in [0.15, 0.2) is 48.6 Å². The van der Waals surface area contributed by atoms with Crippen molar-refractivity contribution in [1.29, 1.82) is 0 Å². The number of rotatable bonds is 6. The van der Waals surface area contributed by atoms with Gasteiger partial charge < -0.3 is 20.1 Å². The van der Waals surface area contributed by atoms with Crippen molar-refractivity contribution >= 4 is 16.7 Å². The number of carboxylic acids is 1. The summed E-state index contributed by atoms with van der Waals surface area (Å²) in [6, 6.07) is 10.3. The second-order valence-corrected chi connectivity index (χ2v) is 4.78. The van der Waals surface area contributed by atoms with Crippen molar-refractivity contribution in [1.82, 2.24) is 0 Å². The van der Waals surface area contributed by atoms with Gasteiger partial charge in [0.05, 0.1) is 0 Å². The van der Waals surface area contributed by atoms with E-state index in [4.69, 9.17) is 9.84 Å². The molecule has 5 nitrogen and oxygen atoms in total. The van der Waals surface area contributed by atoms with E-state index in [9.17, 15) is 15.0 Å². The Labute approximate surface area is 128 Å². The molecule has 22 heavy (non-hydrogen) atoms. The van der Waals surface area contributed by atoms with Crippen LogP contribution in [-0.4, -0.2) is 34.0 Å². The van der Waals surface area contributed by atoms with Crippen LogP contribution in [0.4, 0.5) is 0 Å². The van der Waals surface area contributed by atoms with Crippen molar-refractivity contribution < 1.29 is 24.9 Å². The average Bonchev–Trinajstić information content (AvgIpc) is 2.51. The molecule has 0 aliphatic heterocycles. The van der Waals surface area contributed by atoms with E-state index in [1.165, 1.54) is 12.1 Å². The number of phenols is 1. The second kappa shape index (κ2) is 7.06. The fraction of sp³-hybridized carbons (Fsp3) is 0.235. The third kappa shape index (κ3) is 3.44. The zero-order valence-corrected chi connectivity index (χ0v) is 12.1. The van der Waals surface area contributed by atoms with E-state index in [1.54, 1.807) is 37.3 Å². The number of carbonyl (C=O) groups is 1. The molecule has 0 unspecified atom stereocenters. The molecule has 0 amide bonds. The molecule has 2 aromatic carbocycles. The second-order valence-electron chi connectivity index (χ2n) is 4.78. The Balaban J connectivity index is 2.44. The van der Waals surface area contributed by atoms with Crippen molar-refractivity contribution in [2.24, 2.45) is 0 Å². The van der Waals surface area contributed by atoms with Gasteiger partial charge in [-0.15, -0.1) is 0 Å². The number of aliphatic carboxylic acids is 1. The van der Waals surface area contributed by atoms with Gasteiger partial charge in [0, 0.05) is 18.1 Å². The summed E-state index contributed by atoms with van der Waals surface area (Å²) in [7, 11) is 0. The van der Waals surface area contributed by atoms with Crippen LogP contribution in [0.5, 0.6) is 5.75 Å². The first-order valence-electron chi connectivity index (χ1n) is 6.96. The summed E-state index contributed by atoms with van der Waals surface area (Å²) in [6.07, 6.45) is 0.444. The molecule has 5 heteroatoms. The lowest BCUT2D eigenvalue weighted by Crippen LogP contribution is -2.20. The predicted octanol–water partition coefficient (Wildman–Crippen LogP) is 2.62. The minimum Gasteiger partial charge on any atom is -0.507 e. The largest absolute Gasteiger partial charge is 0.507 e. The molecule has 0 heterocycles. The summed E-state index contributed by atoms with van der Waals surface area (Å²) >= 11 is 0. The fourth-order valence-electron chi connectivity index (χ4n) is 2.36. The standard InChI is InChI=1S/C17H18O5/c1-2-22-15(9-10-16(19)20)17(21)13-7-8-14(18)12-6-4-3-5-11(12)13/h3-10,15,17-18,21H,2H2,1H3,(H,19,20)/b10-9+/t15-,17-/m1/s1. The maximum Gasteiger partial charge on any atom is 0.328 e. The Hall–Kier alpha value is -2.37. The van der Waals surface area contributed by atoms with E-state index in [1.807, 2.05) is 0 Å². The average molecular weight is 302 g/mol. The summed E-state index contributed by atoms with van der Waals surface area (Å²) < 4.78 is 5.43. The zero-order chi connectivity index (χ0) is 16.1. The van der Waals surface area contributed by atoms with Gasteiger partial charge in [0.15, 0.2) is 0 Å². The molecule has 2 atom stereocenters. The summed E-state index contributed by atoms with van der Waals surface area (Å²) in [6.45, 7) is 2.10. The van der Waals surface area contributed by atoms with Gasteiger partial charge in [0.1, 0.15) is 18.0 Å². The first-order chi connectivity index (χ1) is 10.5. The highest BCUT2D eigenvalue weighted by Crippen LogP contribution is 2.32. The molecule has 0 aliphatic rings. The minimum absolute atomic E-state index is 0.126. The van der Waals surface area contributed by atoms with E-state index >= 15 is 0 Å². The SMILES string of the molecule is CCO[C@H](/C=C/C(=O)O)[C@H](O)c1ccc(O)c2ccccc12. The number of fused-ring (bicyclic) bond motifs is 1. The number of hydrogen-bond donors (Lipinski definition) is 3. The monoisotopic (exact) mass is 302 g/mol. The molecule has 0 aromatic heterocycles. The van der Waals surface area contributed by atoms with Crippen LogP contribution < -0.4 is 0 Å². The van der Waals surface area contributed by atoms with Crippen molar-refractivity contribution in [3.63, 3.8) is 0 Å². The van der Waals surface area contributed by atoms with Crippen molar-refractivity contribution in [3.8, 4) is 5.75 Å². The van der Waals surface area contributed by atoms with E-state index < -0.39 is 18.2 Å². The summed E-state index contributed by atoms with van der Waals surface area (Å²) in [4.78, 5) is 10.7. The van der Waals surface area contributed by atoms with Gasteiger partial charge in [-0.2, -0.15) is 0 Å². The van der Waals surface area contributed by atoms with Gasteiger partial charge in [-0.05, 0) is 30.0 Å². The highest BCUT2D eigenvalue weighted by molar-refractivity contribution is 5.91. The number of aromatic hydroxyl groups is 1. The molecule has 0 fully saturated rings. The number of aliphatic hydroxyl groups is 1. The van der Waals surface area contributed by atoms with Gasteiger partial charge in [-0.3, -0.25) is 0 Å². The van der Waals surface area contributed by atoms with Crippen molar-refractivity contribution in [2.75, 3.05) is 6.61 Å². The topological polar surface area (TPSA) is 87.0 Å². The van der Waals surface area contributed by atoms with E-state index in [-0.39, 0.29) is 5.75 Å². The number of carboxylic acid groups (broad SMARTS) is 1. The highest BCUT2D eigenvalue weighted by Gasteiger charge is 2.21. The summed E-state index contributed by atoms with van der Waals surface area (Å²) in [5.74, 6) is -0.979. The molecule has 116 valence electrons. The molecule has 2 aromatic rings. The van der Waals surface area contributed by atoms with E-state index in [0.29, 0.717) is 22.9 Å². The van der Waals surface area contributed by atoms with Gasteiger partial charge >= 0.3 is 5.97 Å². The molecule has 0 radical (unpaired) electrons. The number of phenolic OH excluding ortho intramolecular Hbond substituents is 1.